The van der Waals surface area contributed by atoms with E-state index in [9.17, 15) is 10.4 Å². The second-order valence-corrected chi connectivity index (χ2v) is 8.52. The van der Waals surface area contributed by atoms with Crippen LogP contribution in [0.15, 0.2) is 55.0 Å². The average molecular weight is 451 g/mol. The van der Waals surface area contributed by atoms with Gasteiger partial charge in [-0.05, 0) is 42.2 Å². The molecule has 0 bridgehead atoms. The molecule has 0 aliphatic heterocycles. The molecule has 2 N–H and O–H groups in total. The van der Waals surface area contributed by atoms with Crippen LogP contribution in [0.5, 0.6) is 0 Å². The SMILES string of the molecule is CNc1nc2cnc(-n3cnc4ccc(C#N)cc43)nc2n1CC1CCC(O)c2ccccc21. The number of aromatic nitrogens is 6. The number of rotatable bonds is 4. The van der Waals surface area contributed by atoms with Gasteiger partial charge in [0.05, 0.1) is 35.0 Å². The van der Waals surface area contributed by atoms with Crippen molar-refractivity contribution in [3.8, 4) is 12.0 Å². The van der Waals surface area contributed by atoms with Crippen molar-refractivity contribution in [2.75, 3.05) is 12.4 Å². The fraction of sp³-hybridized carbons (Fsp3) is 0.240. The van der Waals surface area contributed by atoms with Gasteiger partial charge in [-0.2, -0.15) is 10.2 Å². The highest BCUT2D eigenvalue weighted by atomic mass is 16.3. The fourth-order valence-corrected chi connectivity index (χ4v) is 4.89. The molecule has 0 saturated carbocycles. The Morgan fingerprint density at radius 2 is 1.94 bits per heavy atom. The van der Waals surface area contributed by atoms with Gasteiger partial charge in [0.15, 0.2) is 5.65 Å². The Morgan fingerprint density at radius 3 is 2.76 bits per heavy atom. The molecular formula is C25H22N8O. The minimum atomic E-state index is -0.419. The molecule has 2 aromatic carbocycles. The van der Waals surface area contributed by atoms with Crippen molar-refractivity contribution in [1.82, 2.24) is 29.1 Å². The summed E-state index contributed by atoms with van der Waals surface area (Å²) < 4.78 is 3.87. The summed E-state index contributed by atoms with van der Waals surface area (Å²) in [6.07, 6.45) is 4.57. The molecule has 34 heavy (non-hydrogen) atoms. The lowest BCUT2D eigenvalue weighted by Gasteiger charge is -2.29. The van der Waals surface area contributed by atoms with E-state index in [1.807, 2.05) is 31.3 Å². The van der Waals surface area contributed by atoms with E-state index in [1.165, 1.54) is 5.56 Å². The van der Waals surface area contributed by atoms with Gasteiger partial charge in [0.25, 0.3) is 0 Å². The number of nitriles is 1. The Bertz CT molecular complexity index is 1580. The summed E-state index contributed by atoms with van der Waals surface area (Å²) in [5.41, 5.74) is 5.68. The molecule has 1 aliphatic rings. The van der Waals surface area contributed by atoms with E-state index in [4.69, 9.17) is 4.98 Å². The monoisotopic (exact) mass is 450 g/mol. The van der Waals surface area contributed by atoms with E-state index in [0.717, 1.165) is 35.1 Å². The molecule has 2 atom stereocenters. The third kappa shape index (κ3) is 3.19. The van der Waals surface area contributed by atoms with Crippen LogP contribution in [0.25, 0.3) is 28.1 Å². The lowest BCUT2D eigenvalue weighted by Crippen LogP contribution is -2.19. The van der Waals surface area contributed by atoms with Gasteiger partial charge >= 0.3 is 0 Å². The van der Waals surface area contributed by atoms with Crippen molar-refractivity contribution in [2.24, 2.45) is 0 Å². The zero-order chi connectivity index (χ0) is 23.2. The van der Waals surface area contributed by atoms with Crippen LogP contribution in [0.4, 0.5) is 5.95 Å². The van der Waals surface area contributed by atoms with Gasteiger partial charge in [0, 0.05) is 19.5 Å². The molecule has 0 saturated heterocycles. The second kappa shape index (κ2) is 7.93. The van der Waals surface area contributed by atoms with E-state index in [0.29, 0.717) is 29.5 Å². The van der Waals surface area contributed by atoms with Crippen molar-refractivity contribution in [3.63, 3.8) is 0 Å². The maximum atomic E-state index is 10.5. The van der Waals surface area contributed by atoms with E-state index in [-0.39, 0.29) is 5.92 Å². The fourth-order valence-electron chi connectivity index (χ4n) is 4.89. The lowest BCUT2D eigenvalue weighted by atomic mass is 9.81. The van der Waals surface area contributed by atoms with E-state index >= 15 is 0 Å². The zero-order valence-corrected chi connectivity index (χ0v) is 18.5. The smallest absolute Gasteiger partial charge is 0.237 e. The largest absolute Gasteiger partial charge is 0.388 e. The summed E-state index contributed by atoms with van der Waals surface area (Å²) >= 11 is 0. The zero-order valence-electron chi connectivity index (χ0n) is 18.5. The molecule has 6 rings (SSSR count). The number of nitrogens with one attached hydrogen (secondary N) is 1. The standard InChI is InChI=1S/C25H22N8O/c1-27-24-30-20-12-28-25(33-14-29-19-8-6-15(11-26)10-21(19)33)31-23(20)32(24)13-16-7-9-22(34)18-5-3-2-4-17(16)18/h2-6,8,10,12,14,16,22,34H,7,9,13H2,1H3,(H,27,30). The van der Waals surface area contributed by atoms with Gasteiger partial charge in [-0.1, -0.05) is 24.3 Å². The summed E-state index contributed by atoms with van der Waals surface area (Å²) in [5, 5.41) is 22.9. The molecule has 2 unspecified atom stereocenters. The molecule has 5 aromatic rings. The maximum Gasteiger partial charge on any atom is 0.237 e. The first-order valence-electron chi connectivity index (χ1n) is 11.2. The molecule has 9 nitrogen and oxygen atoms in total. The molecule has 3 aromatic heterocycles. The predicted octanol–water partition coefficient (Wildman–Crippen LogP) is 3.69. The highest BCUT2D eigenvalue weighted by Crippen LogP contribution is 2.39. The molecule has 0 amide bonds. The number of benzene rings is 2. The van der Waals surface area contributed by atoms with Crippen LogP contribution in [-0.4, -0.2) is 41.2 Å². The average Bonchev–Trinajstić information content (AvgIpc) is 3.46. The quantitative estimate of drug-likeness (QED) is 0.429. The minimum Gasteiger partial charge on any atom is -0.388 e. The van der Waals surface area contributed by atoms with Crippen LogP contribution in [0.2, 0.25) is 0 Å². The molecule has 168 valence electrons. The minimum absolute atomic E-state index is 0.231. The number of aliphatic hydroxyl groups is 1. The Labute approximate surface area is 195 Å². The van der Waals surface area contributed by atoms with Crippen LogP contribution in [0, 0.1) is 11.3 Å². The Balaban J connectivity index is 1.46. The summed E-state index contributed by atoms with van der Waals surface area (Å²) in [7, 11) is 1.84. The first-order chi connectivity index (χ1) is 16.7. The van der Waals surface area contributed by atoms with Crippen LogP contribution in [-0.2, 0) is 6.54 Å². The van der Waals surface area contributed by atoms with Gasteiger partial charge in [-0.25, -0.2) is 15.0 Å². The van der Waals surface area contributed by atoms with E-state index < -0.39 is 6.10 Å². The predicted molar refractivity (Wildman–Crippen MR) is 128 cm³/mol. The highest BCUT2D eigenvalue weighted by molar-refractivity contribution is 5.79. The summed E-state index contributed by atoms with van der Waals surface area (Å²) in [6.45, 7) is 0.677. The molecule has 0 fully saturated rings. The first-order valence-corrected chi connectivity index (χ1v) is 11.2. The van der Waals surface area contributed by atoms with Gasteiger partial charge < -0.3 is 10.4 Å². The Morgan fingerprint density at radius 1 is 1.09 bits per heavy atom. The van der Waals surface area contributed by atoms with Crippen molar-refractivity contribution in [1.29, 1.82) is 5.26 Å². The number of nitrogens with zero attached hydrogens (tertiary/aromatic N) is 7. The molecule has 9 heteroatoms. The van der Waals surface area contributed by atoms with Gasteiger partial charge in [-0.15, -0.1) is 0 Å². The van der Waals surface area contributed by atoms with E-state index in [2.05, 4.69) is 37.0 Å². The summed E-state index contributed by atoms with van der Waals surface area (Å²) in [5.74, 6) is 1.41. The van der Waals surface area contributed by atoms with Crippen molar-refractivity contribution < 1.29 is 5.11 Å². The topological polar surface area (TPSA) is 117 Å². The Hall–Kier alpha value is -4.29. The normalized spacial score (nSPS) is 17.6. The van der Waals surface area contributed by atoms with Crippen molar-refractivity contribution in [2.45, 2.75) is 31.4 Å². The number of aliphatic hydroxyl groups excluding tert-OH is 1. The Kier molecular flexibility index (Phi) is 4.74. The van der Waals surface area contributed by atoms with Gasteiger partial charge in [0.1, 0.15) is 11.8 Å². The number of anilines is 1. The lowest BCUT2D eigenvalue weighted by molar-refractivity contribution is 0.148. The number of hydrogen-bond acceptors (Lipinski definition) is 7. The molecule has 3 heterocycles. The van der Waals surface area contributed by atoms with Crippen molar-refractivity contribution >= 4 is 28.1 Å². The molecule has 0 spiro atoms. The van der Waals surface area contributed by atoms with Gasteiger partial charge in [0.2, 0.25) is 11.9 Å². The summed E-state index contributed by atoms with van der Waals surface area (Å²) in [4.78, 5) is 18.5. The second-order valence-electron chi connectivity index (χ2n) is 8.52. The number of imidazole rings is 2. The molecule has 1 aliphatic carbocycles. The third-order valence-electron chi connectivity index (χ3n) is 6.58. The maximum absolute atomic E-state index is 10.5. The van der Waals surface area contributed by atoms with Crippen LogP contribution >= 0.6 is 0 Å². The molecular weight excluding hydrogens is 428 g/mol. The van der Waals surface area contributed by atoms with Crippen LogP contribution in [0.1, 0.15) is 41.6 Å². The van der Waals surface area contributed by atoms with Crippen LogP contribution in [0.3, 0.4) is 0 Å². The van der Waals surface area contributed by atoms with Crippen LogP contribution < -0.4 is 5.32 Å². The van der Waals surface area contributed by atoms with Crippen molar-refractivity contribution in [3.05, 3.63) is 71.7 Å². The first kappa shape index (κ1) is 20.3. The highest BCUT2D eigenvalue weighted by Gasteiger charge is 2.27. The molecule has 0 radical (unpaired) electrons. The van der Waals surface area contributed by atoms with Gasteiger partial charge in [-0.3, -0.25) is 9.13 Å². The third-order valence-corrected chi connectivity index (χ3v) is 6.58. The number of hydrogen-bond donors (Lipinski definition) is 2. The summed E-state index contributed by atoms with van der Waals surface area (Å²) in [6, 6.07) is 15.6. The van der Waals surface area contributed by atoms with E-state index in [1.54, 1.807) is 29.2 Å². The number of fused-ring (bicyclic) bond motifs is 3.